The lowest BCUT2D eigenvalue weighted by molar-refractivity contribution is 0.174. The quantitative estimate of drug-likeness (QED) is 0.807. The van der Waals surface area contributed by atoms with Crippen molar-refractivity contribution < 1.29 is 18.0 Å². The fraction of sp³-hybridized carbons (Fsp3) is 0.438. The van der Waals surface area contributed by atoms with Crippen LogP contribution in [0.5, 0.6) is 0 Å². The molecule has 2 N–H and O–H groups in total. The maximum Gasteiger partial charge on any atom is 0.245 e. The Kier molecular flexibility index (Phi) is 5.56. The van der Waals surface area contributed by atoms with E-state index in [1.54, 1.807) is 20.8 Å². The van der Waals surface area contributed by atoms with Crippen LogP contribution in [-0.2, 0) is 10.0 Å². The molecule has 23 heavy (non-hydrogen) atoms. The third-order valence-corrected chi connectivity index (χ3v) is 5.32. The maximum atomic E-state index is 12.5. The highest BCUT2D eigenvalue weighted by Crippen LogP contribution is 2.23. The Balaban J connectivity index is 2.18. The van der Waals surface area contributed by atoms with Crippen molar-refractivity contribution in [1.82, 2.24) is 9.88 Å². The van der Waals surface area contributed by atoms with Gasteiger partial charge >= 0.3 is 0 Å². The smallest absolute Gasteiger partial charge is 0.245 e. The number of aromatic nitrogens is 1. The van der Waals surface area contributed by atoms with Gasteiger partial charge in [0, 0.05) is 6.54 Å². The molecule has 0 aliphatic heterocycles. The summed E-state index contributed by atoms with van der Waals surface area (Å²) in [7, 11) is -3.71. The molecule has 1 aromatic carbocycles. The van der Waals surface area contributed by atoms with E-state index in [1.807, 2.05) is 30.3 Å². The minimum atomic E-state index is -3.71. The highest BCUT2D eigenvalue weighted by molar-refractivity contribution is 7.89. The van der Waals surface area contributed by atoms with E-state index in [2.05, 4.69) is 9.88 Å². The molecule has 0 spiro atoms. The lowest BCUT2D eigenvalue weighted by Gasteiger charge is -2.19. The molecule has 0 radical (unpaired) electrons. The van der Waals surface area contributed by atoms with Crippen LogP contribution in [0.1, 0.15) is 36.3 Å². The van der Waals surface area contributed by atoms with Gasteiger partial charge in [-0.1, -0.05) is 35.5 Å². The Bertz CT molecular complexity index is 719. The average molecular weight is 338 g/mol. The minimum absolute atomic E-state index is 0.0846. The van der Waals surface area contributed by atoms with E-state index < -0.39 is 16.1 Å². The zero-order chi connectivity index (χ0) is 17.0. The summed E-state index contributed by atoms with van der Waals surface area (Å²) >= 11 is 0. The minimum Gasteiger partial charge on any atom is -0.393 e. The molecule has 0 bridgehead atoms. The van der Waals surface area contributed by atoms with Crippen LogP contribution in [0.15, 0.2) is 39.8 Å². The second-order valence-electron chi connectivity index (χ2n) is 5.70. The Hall–Kier alpha value is -1.70. The van der Waals surface area contributed by atoms with E-state index >= 15 is 0 Å². The van der Waals surface area contributed by atoms with Gasteiger partial charge in [-0.25, -0.2) is 13.1 Å². The molecule has 1 heterocycles. The molecule has 126 valence electrons. The van der Waals surface area contributed by atoms with E-state index in [-0.39, 0.29) is 23.1 Å². The summed E-state index contributed by atoms with van der Waals surface area (Å²) in [6, 6.07) is 9.55. The van der Waals surface area contributed by atoms with E-state index in [1.165, 1.54) is 0 Å². The number of aliphatic hydroxyl groups excluding tert-OH is 1. The van der Waals surface area contributed by atoms with Crippen molar-refractivity contribution in [2.45, 2.75) is 44.1 Å². The van der Waals surface area contributed by atoms with Crippen LogP contribution in [0.4, 0.5) is 0 Å². The van der Waals surface area contributed by atoms with Gasteiger partial charge in [0.1, 0.15) is 10.6 Å². The van der Waals surface area contributed by atoms with Crippen molar-refractivity contribution in [3.8, 4) is 0 Å². The van der Waals surface area contributed by atoms with Crippen LogP contribution in [0.25, 0.3) is 0 Å². The van der Waals surface area contributed by atoms with Gasteiger partial charge < -0.3 is 9.63 Å². The summed E-state index contributed by atoms with van der Waals surface area (Å²) in [5.41, 5.74) is 1.32. The van der Waals surface area contributed by atoms with Gasteiger partial charge in [0.2, 0.25) is 10.0 Å². The highest BCUT2D eigenvalue weighted by Gasteiger charge is 2.25. The molecule has 7 heteroatoms. The van der Waals surface area contributed by atoms with Crippen LogP contribution >= 0.6 is 0 Å². The molecule has 2 rings (SSSR count). The number of benzene rings is 1. The van der Waals surface area contributed by atoms with Gasteiger partial charge in [0.05, 0.1) is 6.10 Å². The van der Waals surface area contributed by atoms with Gasteiger partial charge in [0.25, 0.3) is 0 Å². The summed E-state index contributed by atoms with van der Waals surface area (Å²) < 4.78 is 32.5. The third kappa shape index (κ3) is 4.40. The summed E-state index contributed by atoms with van der Waals surface area (Å²) in [6.07, 6.45) is -0.0579. The van der Waals surface area contributed by atoms with Gasteiger partial charge in [-0.15, -0.1) is 0 Å². The van der Waals surface area contributed by atoms with E-state index in [0.717, 1.165) is 5.56 Å². The third-order valence-electron chi connectivity index (χ3n) is 3.65. The van der Waals surface area contributed by atoms with Gasteiger partial charge in [-0.2, -0.15) is 0 Å². The lowest BCUT2D eigenvalue weighted by Crippen LogP contribution is -2.30. The van der Waals surface area contributed by atoms with Crippen LogP contribution in [0.3, 0.4) is 0 Å². The number of aliphatic hydroxyl groups is 1. The molecular weight excluding hydrogens is 316 g/mol. The monoisotopic (exact) mass is 338 g/mol. The predicted octanol–water partition coefficient (Wildman–Crippen LogP) is 2.12. The van der Waals surface area contributed by atoms with Gasteiger partial charge in [0.15, 0.2) is 5.76 Å². The number of rotatable bonds is 7. The number of sulfonamides is 1. The molecule has 0 saturated carbocycles. The number of hydrogen-bond acceptors (Lipinski definition) is 5. The Morgan fingerprint density at radius 2 is 1.91 bits per heavy atom. The number of aryl methyl sites for hydroxylation is 2. The second-order valence-corrected chi connectivity index (χ2v) is 7.40. The largest absolute Gasteiger partial charge is 0.393 e. The zero-order valence-electron chi connectivity index (χ0n) is 13.5. The molecule has 0 amide bonds. The van der Waals surface area contributed by atoms with E-state index in [9.17, 15) is 13.5 Å². The molecule has 6 nitrogen and oxygen atoms in total. The average Bonchev–Trinajstić information content (AvgIpc) is 2.84. The normalized spacial score (nSPS) is 14.6. The Morgan fingerprint density at radius 3 is 2.43 bits per heavy atom. The Labute approximate surface area is 136 Å². The Morgan fingerprint density at radius 1 is 1.26 bits per heavy atom. The van der Waals surface area contributed by atoms with Crippen LogP contribution < -0.4 is 4.72 Å². The lowest BCUT2D eigenvalue weighted by atomic mass is 9.94. The zero-order valence-corrected chi connectivity index (χ0v) is 14.3. The first kappa shape index (κ1) is 17.7. The van der Waals surface area contributed by atoms with Crippen molar-refractivity contribution >= 4 is 10.0 Å². The standard InChI is InChI=1S/C16H22N2O4S/c1-11(19)9-15(14-7-5-4-6-8-14)10-17-23(20,21)16-12(2)18-22-13(16)3/h4-8,11,15,17,19H,9-10H2,1-3H3. The van der Waals surface area contributed by atoms with Gasteiger partial charge in [-0.3, -0.25) is 0 Å². The van der Waals surface area contributed by atoms with Crippen molar-refractivity contribution in [3.05, 3.63) is 47.3 Å². The molecule has 2 aromatic rings. The van der Waals surface area contributed by atoms with Crippen molar-refractivity contribution in [2.24, 2.45) is 0 Å². The topological polar surface area (TPSA) is 92.4 Å². The molecule has 0 saturated heterocycles. The van der Waals surface area contributed by atoms with Gasteiger partial charge in [-0.05, 0) is 38.7 Å². The number of nitrogens with zero attached hydrogens (tertiary/aromatic N) is 1. The summed E-state index contributed by atoms with van der Waals surface area (Å²) in [6.45, 7) is 5.05. The molecule has 2 atom stereocenters. The number of nitrogens with one attached hydrogen (secondary N) is 1. The molecule has 0 fully saturated rings. The highest BCUT2D eigenvalue weighted by atomic mass is 32.2. The molecule has 0 aliphatic carbocycles. The first-order valence-corrected chi connectivity index (χ1v) is 8.95. The first-order chi connectivity index (χ1) is 10.8. The number of hydrogen-bond donors (Lipinski definition) is 2. The SMILES string of the molecule is Cc1noc(C)c1S(=O)(=O)NCC(CC(C)O)c1ccccc1. The van der Waals surface area contributed by atoms with Crippen LogP contribution in [0.2, 0.25) is 0 Å². The van der Waals surface area contributed by atoms with Crippen LogP contribution in [-0.4, -0.2) is 31.3 Å². The first-order valence-electron chi connectivity index (χ1n) is 7.47. The maximum absolute atomic E-state index is 12.5. The fourth-order valence-electron chi connectivity index (χ4n) is 2.61. The summed E-state index contributed by atoms with van der Waals surface area (Å²) in [4.78, 5) is 0.0846. The molecule has 2 unspecified atom stereocenters. The van der Waals surface area contributed by atoms with Crippen molar-refractivity contribution in [1.29, 1.82) is 0 Å². The molecule has 0 aliphatic rings. The van der Waals surface area contributed by atoms with E-state index in [4.69, 9.17) is 4.52 Å². The summed E-state index contributed by atoms with van der Waals surface area (Å²) in [5.74, 6) is 0.147. The van der Waals surface area contributed by atoms with E-state index in [0.29, 0.717) is 12.1 Å². The van der Waals surface area contributed by atoms with Crippen molar-refractivity contribution in [2.75, 3.05) is 6.54 Å². The fourth-order valence-corrected chi connectivity index (χ4v) is 4.02. The van der Waals surface area contributed by atoms with Crippen LogP contribution in [0, 0.1) is 13.8 Å². The second kappa shape index (κ2) is 7.25. The predicted molar refractivity (Wildman–Crippen MR) is 86.6 cm³/mol. The van der Waals surface area contributed by atoms with Crippen molar-refractivity contribution in [3.63, 3.8) is 0 Å². The molecule has 1 aromatic heterocycles. The molecular formula is C16H22N2O4S. The summed E-state index contributed by atoms with van der Waals surface area (Å²) in [5, 5.41) is 13.4.